The Morgan fingerprint density at radius 3 is 1.12 bits per heavy atom. The van der Waals surface area contributed by atoms with Crippen LogP contribution in [0.2, 0.25) is 0 Å². The molecule has 0 aliphatic carbocycles. The normalized spacial score (nSPS) is 3.00. The topological polar surface area (TPSA) is 130 Å². The van der Waals surface area contributed by atoms with Gasteiger partial charge in [-0.3, -0.25) is 0 Å². The van der Waals surface area contributed by atoms with Crippen molar-refractivity contribution in [1.82, 2.24) is 6.15 Å². The van der Waals surface area contributed by atoms with Gasteiger partial charge in [-0.15, -0.1) is 0 Å². The van der Waals surface area contributed by atoms with Gasteiger partial charge in [0.1, 0.15) is 0 Å². The van der Waals surface area contributed by atoms with Gasteiger partial charge in [0, 0.05) is 0 Å². The summed E-state index contributed by atoms with van der Waals surface area (Å²) in [6, 6.07) is 0. The first-order valence-corrected chi connectivity index (χ1v) is 0.612. The minimum atomic E-state index is -2.33. The van der Waals surface area contributed by atoms with E-state index < -0.39 is 6.16 Å². The molecule has 0 atom stereocenters. The Kier molecular flexibility index (Phi) is 106. The summed E-state index contributed by atoms with van der Waals surface area (Å²) in [4.78, 5) is 8.33. The second-order valence-electron chi connectivity index (χ2n) is 0.250. The van der Waals surface area contributed by atoms with Crippen molar-refractivity contribution in [1.29, 1.82) is 0 Å². The molecular formula is CH5NNa2O4. The Labute approximate surface area is 90.9 Å². The van der Waals surface area contributed by atoms with E-state index in [-0.39, 0.29) is 70.7 Å². The third kappa shape index (κ3) is 195. The van der Waals surface area contributed by atoms with Gasteiger partial charge in [-0.2, -0.15) is 0 Å². The average Bonchev–Trinajstić information content (AvgIpc) is 0.811. The monoisotopic (exact) mass is 141 g/mol. The van der Waals surface area contributed by atoms with Crippen molar-refractivity contribution in [2.45, 2.75) is 0 Å². The first-order chi connectivity index (χ1) is 1.73. The first kappa shape index (κ1) is 35.1. The number of rotatable bonds is 0. The van der Waals surface area contributed by atoms with Crippen LogP contribution in [0, 0.1) is 0 Å². The number of carbonyl (C=O) groups is 1. The molecule has 0 heterocycles. The maximum atomic E-state index is 8.33. The molecule has 0 aliphatic rings. The van der Waals surface area contributed by atoms with E-state index in [9.17, 15) is 0 Å². The SMILES string of the molecule is N.O.O=C([O-])[O-].[Na+].[Na+]. The van der Waals surface area contributed by atoms with E-state index in [1.165, 1.54) is 0 Å². The third-order valence-corrected chi connectivity index (χ3v) is 0. The summed E-state index contributed by atoms with van der Waals surface area (Å²) in [5.41, 5.74) is 0. The van der Waals surface area contributed by atoms with Crippen LogP contribution in [0.5, 0.6) is 0 Å². The van der Waals surface area contributed by atoms with Crippen LogP contribution < -0.4 is 75.5 Å². The van der Waals surface area contributed by atoms with E-state index in [0.717, 1.165) is 0 Å². The summed E-state index contributed by atoms with van der Waals surface area (Å²) in [6.45, 7) is 0. The molecule has 5 nitrogen and oxygen atoms in total. The van der Waals surface area contributed by atoms with Gasteiger partial charge >= 0.3 is 59.1 Å². The van der Waals surface area contributed by atoms with E-state index in [2.05, 4.69) is 0 Å². The fourth-order valence-corrected chi connectivity index (χ4v) is 0. The van der Waals surface area contributed by atoms with Crippen LogP contribution >= 0.6 is 0 Å². The Morgan fingerprint density at radius 2 is 1.12 bits per heavy atom. The summed E-state index contributed by atoms with van der Waals surface area (Å²) in [7, 11) is 0. The van der Waals surface area contributed by atoms with Gasteiger partial charge in [-0.05, 0) is 6.16 Å². The quantitative estimate of drug-likeness (QED) is 0.335. The number of carboxylic acid groups (broad SMARTS) is 2. The molecule has 0 saturated heterocycles. The average molecular weight is 141 g/mol. The van der Waals surface area contributed by atoms with Crippen LogP contribution in [-0.4, -0.2) is 11.6 Å². The van der Waals surface area contributed by atoms with Gasteiger partial charge in [0.2, 0.25) is 0 Å². The summed E-state index contributed by atoms with van der Waals surface area (Å²) in [5, 5.41) is 16.7. The fraction of sp³-hybridized carbons (Fsp3) is 0. The zero-order valence-corrected chi connectivity index (χ0v) is 8.93. The van der Waals surface area contributed by atoms with Gasteiger partial charge in [0.25, 0.3) is 0 Å². The minimum Gasteiger partial charge on any atom is -0.652 e. The van der Waals surface area contributed by atoms with Crippen LogP contribution in [0.3, 0.4) is 0 Å². The van der Waals surface area contributed by atoms with Crippen molar-refractivity contribution in [3.05, 3.63) is 0 Å². The molecule has 0 aromatic rings. The summed E-state index contributed by atoms with van der Waals surface area (Å²) in [5.74, 6) is 0. The fourth-order valence-electron chi connectivity index (χ4n) is 0. The summed E-state index contributed by atoms with van der Waals surface area (Å²) < 4.78 is 0. The molecule has 5 N–H and O–H groups in total. The molecule has 7 heteroatoms. The molecule has 40 valence electrons. The molecule has 0 aromatic carbocycles. The number of carbonyl (C=O) groups excluding carboxylic acids is 1. The van der Waals surface area contributed by atoms with Gasteiger partial charge in [-0.25, -0.2) is 0 Å². The van der Waals surface area contributed by atoms with Gasteiger partial charge in [0.05, 0.1) is 0 Å². The maximum Gasteiger partial charge on any atom is 1.00 e. The van der Waals surface area contributed by atoms with Crippen LogP contribution in [0.1, 0.15) is 0 Å². The molecule has 0 aliphatic heterocycles. The van der Waals surface area contributed by atoms with Crippen LogP contribution in [0.15, 0.2) is 0 Å². The molecule has 0 rings (SSSR count). The molecule has 0 fully saturated rings. The zero-order valence-electron chi connectivity index (χ0n) is 4.93. The van der Waals surface area contributed by atoms with E-state index in [1.807, 2.05) is 0 Å². The second kappa shape index (κ2) is 24.1. The number of hydrogen-bond acceptors (Lipinski definition) is 4. The van der Waals surface area contributed by atoms with E-state index in [1.54, 1.807) is 0 Å². The van der Waals surface area contributed by atoms with Gasteiger partial charge in [-0.1, -0.05) is 0 Å². The van der Waals surface area contributed by atoms with E-state index in [4.69, 9.17) is 15.0 Å². The predicted octanol–water partition coefficient (Wildman–Crippen LogP) is -9.10. The number of hydrogen-bond donors (Lipinski definition) is 1. The maximum absolute atomic E-state index is 8.33. The van der Waals surface area contributed by atoms with Crippen molar-refractivity contribution in [2.24, 2.45) is 0 Å². The molecule has 0 radical (unpaired) electrons. The van der Waals surface area contributed by atoms with Crippen molar-refractivity contribution in [3.8, 4) is 0 Å². The van der Waals surface area contributed by atoms with Crippen LogP contribution in [0.4, 0.5) is 4.79 Å². The van der Waals surface area contributed by atoms with E-state index in [0.29, 0.717) is 0 Å². The standard InChI is InChI=1S/CH2O3.H3N.2Na.H2O/c2-1(3)4;;;;/h(H2,2,3,4);1H3;;;1H2/q;;2*+1;/p-2. The van der Waals surface area contributed by atoms with Crippen LogP contribution in [0.25, 0.3) is 0 Å². The molecule has 0 unspecified atom stereocenters. The Morgan fingerprint density at radius 1 is 1.12 bits per heavy atom. The van der Waals surface area contributed by atoms with Crippen molar-refractivity contribution < 1.29 is 79.6 Å². The smallest absolute Gasteiger partial charge is 0.652 e. The third-order valence-electron chi connectivity index (χ3n) is 0. The summed E-state index contributed by atoms with van der Waals surface area (Å²) >= 11 is 0. The molecule has 0 saturated carbocycles. The van der Waals surface area contributed by atoms with E-state index >= 15 is 0 Å². The molecule has 0 amide bonds. The van der Waals surface area contributed by atoms with Crippen molar-refractivity contribution >= 4 is 6.16 Å². The Hall–Kier alpha value is 1.19. The molecule has 0 bridgehead atoms. The van der Waals surface area contributed by atoms with Crippen molar-refractivity contribution in [3.63, 3.8) is 0 Å². The van der Waals surface area contributed by atoms with Gasteiger partial charge in [0.15, 0.2) is 0 Å². The van der Waals surface area contributed by atoms with Crippen LogP contribution in [-0.2, 0) is 0 Å². The first-order valence-electron chi connectivity index (χ1n) is 0.612. The van der Waals surface area contributed by atoms with Gasteiger partial charge < -0.3 is 26.6 Å². The molecule has 8 heavy (non-hydrogen) atoms. The second-order valence-corrected chi connectivity index (χ2v) is 0.250. The largest absolute Gasteiger partial charge is 1.00 e. The minimum absolute atomic E-state index is 0. The molecular weight excluding hydrogens is 136 g/mol. The molecule has 0 aromatic heterocycles. The predicted molar refractivity (Wildman–Crippen MR) is 14.0 cm³/mol. The zero-order chi connectivity index (χ0) is 3.58. The Balaban J connectivity index is -0.00000000750. The summed E-state index contributed by atoms with van der Waals surface area (Å²) in [6.07, 6.45) is -2.33. The van der Waals surface area contributed by atoms with Crippen molar-refractivity contribution in [2.75, 3.05) is 0 Å². The molecule has 0 spiro atoms. The Bertz CT molecular complexity index is 37.0.